The molecule has 1 heterocycles. The second-order valence-corrected chi connectivity index (χ2v) is 8.03. The highest BCUT2D eigenvalue weighted by Gasteiger charge is 2.25. The Morgan fingerprint density at radius 3 is 2.71 bits per heavy atom. The summed E-state index contributed by atoms with van der Waals surface area (Å²) >= 11 is 5.17. The van der Waals surface area contributed by atoms with E-state index in [1.165, 1.54) is 11.3 Å². The number of aryl methyl sites for hydroxylation is 1. The van der Waals surface area contributed by atoms with Gasteiger partial charge in [0.1, 0.15) is 6.10 Å². The Hall–Kier alpha value is -0.260. The van der Waals surface area contributed by atoms with E-state index in [1.807, 2.05) is 26.8 Å². The summed E-state index contributed by atoms with van der Waals surface area (Å²) < 4.78 is 13.5. The van der Waals surface area contributed by atoms with Crippen molar-refractivity contribution in [2.45, 2.75) is 39.4 Å². The molecule has 0 aliphatic heterocycles. The molecule has 1 aromatic heterocycles. The minimum absolute atomic E-state index is 0.162. The average molecular weight is 391 g/mol. The Bertz CT molecular complexity index is 654. The second kappa shape index (κ2) is 6.47. The van der Waals surface area contributed by atoms with Crippen molar-refractivity contribution >= 4 is 52.1 Å². The van der Waals surface area contributed by atoms with Gasteiger partial charge < -0.3 is 15.0 Å². The first-order valence-corrected chi connectivity index (χ1v) is 8.65. The minimum atomic E-state index is -0.262. The molecule has 2 atom stereocenters. The summed E-state index contributed by atoms with van der Waals surface area (Å²) in [6.45, 7) is 8.62. The highest BCUT2D eigenvalue weighted by molar-refractivity contribution is 9.10. The molecule has 4 nitrogen and oxygen atoms in total. The molecule has 0 saturated heterocycles. The monoisotopic (exact) mass is 390 g/mol. The summed E-state index contributed by atoms with van der Waals surface area (Å²) in [7, 11) is 2.28. The summed E-state index contributed by atoms with van der Waals surface area (Å²) in [6, 6.07) is 2.05. The van der Waals surface area contributed by atoms with E-state index in [0.717, 1.165) is 25.8 Å². The molecule has 0 amide bonds. The first-order valence-electron chi connectivity index (χ1n) is 6.57. The zero-order valence-electron chi connectivity index (χ0n) is 12.6. The Morgan fingerprint density at radius 1 is 1.48 bits per heavy atom. The molecule has 0 bridgehead atoms. The van der Waals surface area contributed by atoms with Gasteiger partial charge in [-0.3, -0.25) is 0 Å². The van der Waals surface area contributed by atoms with E-state index < -0.39 is 0 Å². The molecule has 0 radical (unpaired) electrons. The standard InChI is InChI=1S/C14H20BrN2O2PS/c1-7-5-8-12(21-13(16)17-8)11(15)10(7)9(6-18-20)19-14(2,3)4/h5,9H,6,20H2,1-4H3,(H2,16,17)/t9-/m1/s1. The van der Waals surface area contributed by atoms with E-state index in [4.69, 9.17) is 15.0 Å². The summed E-state index contributed by atoms with van der Waals surface area (Å²) in [5, 5.41) is 0.567. The van der Waals surface area contributed by atoms with Crippen LogP contribution in [0.4, 0.5) is 5.13 Å². The van der Waals surface area contributed by atoms with Crippen LogP contribution in [0.25, 0.3) is 10.2 Å². The van der Waals surface area contributed by atoms with Crippen molar-refractivity contribution in [3.8, 4) is 0 Å². The number of benzene rings is 1. The molecule has 116 valence electrons. The molecule has 21 heavy (non-hydrogen) atoms. The van der Waals surface area contributed by atoms with Crippen LogP contribution in [0.1, 0.15) is 38.0 Å². The number of nitrogens with two attached hydrogens (primary N) is 1. The van der Waals surface area contributed by atoms with Gasteiger partial charge >= 0.3 is 0 Å². The van der Waals surface area contributed by atoms with Gasteiger partial charge in [-0.25, -0.2) is 4.98 Å². The number of thiazole rings is 1. The summed E-state index contributed by atoms with van der Waals surface area (Å²) in [4.78, 5) is 4.35. The highest BCUT2D eigenvalue weighted by Crippen LogP contribution is 2.40. The van der Waals surface area contributed by atoms with E-state index in [0.29, 0.717) is 11.7 Å². The van der Waals surface area contributed by atoms with Gasteiger partial charge in [0.25, 0.3) is 0 Å². The van der Waals surface area contributed by atoms with E-state index in [-0.39, 0.29) is 11.7 Å². The van der Waals surface area contributed by atoms with Crippen molar-refractivity contribution in [1.82, 2.24) is 4.98 Å². The lowest BCUT2D eigenvalue weighted by Crippen LogP contribution is -2.25. The lowest BCUT2D eigenvalue weighted by molar-refractivity contribution is -0.0766. The number of hydrogen-bond acceptors (Lipinski definition) is 5. The Kier molecular flexibility index (Phi) is 5.27. The van der Waals surface area contributed by atoms with Crippen LogP contribution >= 0.6 is 36.7 Å². The number of rotatable bonds is 4. The number of fused-ring (bicyclic) bond motifs is 1. The molecule has 0 aliphatic rings. The molecule has 0 saturated carbocycles. The maximum atomic E-state index is 6.17. The van der Waals surface area contributed by atoms with Crippen LogP contribution < -0.4 is 5.73 Å². The molecule has 0 spiro atoms. The second-order valence-electron chi connectivity index (χ2n) is 5.87. The number of halogens is 1. The first kappa shape index (κ1) is 17.1. The molecule has 0 fully saturated rings. The third kappa shape index (κ3) is 3.93. The zero-order chi connectivity index (χ0) is 15.8. The van der Waals surface area contributed by atoms with Gasteiger partial charge in [-0.15, -0.1) is 0 Å². The number of aromatic nitrogens is 1. The number of ether oxygens (including phenoxy) is 1. The van der Waals surface area contributed by atoms with Crippen molar-refractivity contribution in [3.05, 3.63) is 21.7 Å². The lowest BCUT2D eigenvalue weighted by atomic mass is 10.0. The molecule has 2 aromatic rings. The maximum Gasteiger partial charge on any atom is 0.181 e. The van der Waals surface area contributed by atoms with E-state index in [1.54, 1.807) is 0 Å². The van der Waals surface area contributed by atoms with E-state index >= 15 is 0 Å². The zero-order valence-corrected chi connectivity index (χ0v) is 16.1. The third-order valence-corrected chi connectivity index (χ3v) is 5.15. The molecular weight excluding hydrogens is 371 g/mol. The smallest absolute Gasteiger partial charge is 0.181 e. The SMILES string of the molecule is Cc1cc2nc(N)sc2c(Br)c1[C@@H](COP)OC(C)(C)C. The Balaban J connectivity index is 2.55. The van der Waals surface area contributed by atoms with Gasteiger partial charge in [-0.2, -0.15) is 0 Å². The van der Waals surface area contributed by atoms with Crippen LogP contribution in [0, 0.1) is 6.92 Å². The molecule has 2 N–H and O–H groups in total. The van der Waals surface area contributed by atoms with Gasteiger partial charge in [0.2, 0.25) is 0 Å². The predicted octanol–water partition coefficient (Wildman–Crippen LogP) is 4.61. The van der Waals surface area contributed by atoms with Crippen LogP contribution in [-0.4, -0.2) is 17.2 Å². The van der Waals surface area contributed by atoms with Crippen molar-refractivity contribution in [2.24, 2.45) is 0 Å². The summed E-state index contributed by atoms with van der Waals surface area (Å²) in [5.41, 5.74) is 8.66. The van der Waals surface area contributed by atoms with Gasteiger partial charge in [0.15, 0.2) is 5.13 Å². The average Bonchev–Trinajstić information content (AvgIpc) is 2.68. The van der Waals surface area contributed by atoms with Crippen molar-refractivity contribution < 1.29 is 9.26 Å². The summed E-state index contributed by atoms with van der Waals surface area (Å²) in [6.07, 6.45) is -0.162. The molecule has 1 aromatic carbocycles. The highest BCUT2D eigenvalue weighted by atomic mass is 79.9. The quantitative estimate of drug-likeness (QED) is 0.774. The van der Waals surface area contributed by atoms with E-state index in [9.17, 15) is 0 Å². The number of nitrogens with zero attached hydrogens (tertiary/aromatic N) is 1. The van der Waals surface area contributed by atoms with Gasteiger partial charge in [-0.05, 0) is 55.3 Å². The largest absolute Gasteiger partial charge is 0.375 e. The molecule has 0 aliphatic carbocycles. The van der Waals surface area contributed by atoms with Crippen LogP contribution in [0.15, 0.2) is 10.5 Å². The molecular formula is C14H20BrN2O2PS. The lowest BCUT2D eigenvalue weighted by Gasteiger charge is -2.29. The van der Waals surface area contributed by atoms with Crippen LogP contribution in [0.2, 0.25) is 0 Å². The number of nitrogen functional groups attached to an aromatic ring is 1. The van der Waals surface area contributed by atoms with Crippen LogP contribution in [0.3, 0.4) is 0 Å². The third-order valence-electron chi connectivity index (χ3n) is 2.95. The topological polar surface area (TPSA) is 57.4 Å². The molecule has 2 rings (SSSR count). The molecule has 1 unspecified atom stereocenters. The maximum absolute atomic E-state index is 6.17. The van der Waals surface area contributed by atoms with E-state index in [2.05, 4.69) is 37.3 Å². The Morgan fingerprint density at radius 2 is 2.14 bits per heavy atom. The first-order chi connectivity index (χ1) is 9.73. The minimum Gasteiger partial charge on any atom is -0.375 e. The fourth-order valence-corrected chi connectivity index (χ4v) is 4.22. The van der Waals surface area contributed by atoms with Crippen molar-refractivity contribution in [3.63, 3.8) is 0 Å². The van der Waals surface area contributed by atoms with Gasteiger partial charge in [0.05, 0.1) is 22.4 Å². The number of anilines is 1. The van der Waals surface area contributed by atoms with Crippen molar-refractivity contribution in [1.29, 1.82) is 0 Å². The predicted molar refractivity (Wildman–Crippen MR) is 95.7 cm³/mol. The van der Waals surface area contributed by atoms with Gasteiger partial charge in [-0.1, -0.05) is 11.3 Å². The number of hydrogen-bond donors (Lipinski definition) is 1. The van der Waals surface area contributed by atoms with Crippen LogP contribution in [0.5, 0.6) is 0 Å². The summed E-state index contributed by atoms with van der Waals surface area (Å²) in [5.74, 6) is 0. The molecule has 7 heteroatoms. The fraction of sp³-hybridized carbons (Fsp3) is 0.500. The fourth-order valence-electron chi connectivity index (χ4n) is 2.27. The van der Waals surface area contributed by atoms with Gasteiger partial charge in [0, 0.05) is 19.5 Å². The normalized spacial score (nSPS) is 13.8. The van der Waals surface area contributed by atoms with Crippen molar-refractivity contribution in [2.75, 3.05) is 12.3 Å². The Labute approximate surface area is 139 Å². The van der Waals surface area contributed by atoms with Crippen LogP contribution in [-0.2, 0) is 9.26 Å².